The third-order valence-electron chi connectivity index (χ3n) is 1.71. The minimum absolute atomic E-state index is 0.216. The number of carbonyl (C=O) groups is 1. The molecular formula is C8H6ClF2NO3. The lowest BCUT2D eigenvalue weighted by Gasteiger charge is -2.05. The Morgan fingerprint density at radius 2 is 2.20 bits per heavy atom. The third-order valence-corrected chi connectivity index (χ3v) is 1.98. The number of hydrogen-bond acceptors (Lipinski definition) is 2. The monoisotopic (exact) mass is 237 g/mol. The van der Waals surface area contributed by atoms with Crippen molar-refractivity contribution in [1.29, 1.82) is 0 Å². The molecule has 0 bridgehead atoms. The second-order valence-electron chi connectivity index (χ2n) is 2.68. The van der Waals surface area contributed by atoms with E-state index in [9.17, 15) is 18.4 Å². The fourth-order valence-electron chi connectivity index (χ4n) is 1.09. The van der Waals surface area contributed by atoms with Crippen LogP contribution in [0.5, 0.6) is 0 Å². The number of aromatic carboxylic acids is 1. The number of carboxylic acids is 1. The van der Waals surface area contributed by atoms with Gasteiger partial charge in [-0.3, -0.25) is 4.79 Å². The van der Waals surface area contributed by atoms with Crippen LogP contribution >= 0.6 is 11.6 Å². The van der Waals surface area contributed by atoms with E-state index in [0.29, 0.717) is 6.07 Å². The van der Waals surface area contributed by atoms with Crippen LogP contribution in [-0.4, -0.2) is 16.1 Å². The number of nitrogens with one attached hydrogen (secondary N) is 1. The van der Waals surface area contributed by atoms with Gasteiger partial charge in [0.15, 0.2) is 5.43 Å². The van der Waals surface area contributed by atoms with Gasteiger partial charge in [-0.2, -0.15) is 0 Å². The van der Waals surface area contributed by atoms with Crippen molar-refractivity contribution < 1.29 is 18.7 Å². The van der Waals surface area contributed by atoms with Crippen molar-refractivity contribution in [2.75, 3.05) is 0 Å². The zero-order chi connectivity index (χ0) is 11.6. The van der Waals surface area contributed by atoms with E-state index in [0.717, 1.165) is 0 Å². The Labute approximate surface area is 87.5 Å². The molecule has 7 heteroatoms. The van der Waals surface area contributed by atoms with Gasteiger partial charge in [0.2, 0.25) is 0 Å². The molecule has 15 heavy (non-hydrogen) atoms. The van der Waals surface area contributed by atoms with Crippen molar-refractivity contribution >= 4 is 17.6 Å². The standard InChI is InChI=1S/C8H6ClF2NO3/c9-2-4-6(8(14)15)5(13)1-3(12-4)7(10)11/h1,7H,2H2,(H,12,13)(H,14,15). The van der Waals surface area contributed by atoms with Gasteiger partial charge in [0.05, 0.1) is 11.6 Å². The molecule has 0 aliphatic heterocycles. The van der Waals surface area contributed by atoms with E-state index in [2.05, 4.69) is 4.98 Å². The molecule has 0 saturated heterocycles. The molecule has 0 aliphatic rings. The van der Waals surface area contributed by atoms with E-state index >= 15 is 0 Å². The predicted octanol–water partition coefficient (Wildman–Crippen LogP) is 1.75. The number of aromatic nitrogens is 1. The van der Waals surface area contributed by atoms with Crippen LogP contribution in [0.15, 0.2) is 10.9 Å². The molecule has 0 atom stereocenters. The Morgan fingerprint density at radius 1 is 1.60 bits per heavy atom. The van der Waals surface area contributed by atoms with E-state index < -0.39 is 29.1 Å². The molecule has 0 aromatic carbocycles. The number of alkyl halides is 3. The molecule has 82 valence electrons. The van der Waals surface area contributed by atoms with E-state index in [1.165, 1.54) is 0 Å². The zero-order valence-electron chi connectivity index (χ0n) is 7.26. The summed E-state index contributed by atoms with van der Waals surface area (Å²) in [7, 11) is 0. The minimum Gasteiger partial charge on any atom is -0.477 e. The summed E-state index contributed by atoms with van der Waals surface area (Å²) >= 11 is 5.35. The number of aromatic amines is 1. The van der Waals surface area contributed by atoms with Crippen LogP contribution in [0.1, 0.15) is 28.2 Å². The smallest absolute Gasteiger partial charge is 0.341 e. The quantitative estimate of drug-likeness (QED) is 0.787. The third kappa shape index (κ3) is 2.33. The SMILES string of the molecule is O=C(O)c1c(CCl)[nH]c(C(F)F)cc1=O. The molecule has 4 nitrogen and oxygen atoms in total. The maximum Gasteiger partial charge on any atom is 0.341 e. The number of carboxylic acid groups (broad SMARTS) is 1. The van der Waals surface area contributed by atoms with Gasteiger partial charge in [-0.25, -0.2) is 13.6 Å². The Kier molecular flexibility index (Phi) is 3.41. The van der Waals surface area contributed by atoms with Crippen molar-refractivity contribution in [3.05, 3.63) is 33.2 Å². The summed E-state index contributed by atoms with van der Waals surface area (Å²) in [6.07, 6.45) is -2.87. The molecular weight excluding hydrogens is 232 g/mol. The van der Waals surface area contributed by atoms with Crippen LogP contribution in [0.25, 0.3) is 0 Å². The zero-order valence-corrected chi connectivity index (χ0v) is 8.02. The number of hydrogen-bond donors (Lipinski definition) is 2. The normalized spacial score (nSPS) is 10.7. The molecule has 0 unspecified atom stereocenters. The molecule has 0 aliphatic carbocycles. The van der Waals surface area contributed by atoms with E-state index in [1.54, 1.807) is 0 Å². The van der Waals surface area contributed by atoms with Crippen LogP contribution in [0, 0.1) is 0 Å². The highest BCUT2D eigenvalue weighted by Crippen LogP contribution is 2.16. The first-order chi connectivity index (χ1) is 6.97. The highest BCUT2D eigenvalue weighted by atomic mass is 35.5. The van der Waals surface area contributed by atoms with Crippen LogP contribution in [-0.2, 0) is 5.88 Å². The summed E-state index contributed by atoms with van der Waals surface area (Å²) < 4.78 is 24.5. The van der Waals surface area contributed by atoms with Gasteiger partial charge in [0.1, 0.15) is 5.56 Å². The summed E-state index contributed by atoms with van der Waals surface area (Å²) in [6.45, 7) is 0. The van der Waals surface area contributed by atoms with Crippen LogP contribution < -0.4 is 5.43 Å². The Hall–Kier alpha value is -1.43. The maximum atomic E-state index is 12.2. The fraction of sp³-hybridized carbons (Fsp3) is 0.250. The number of halogens is 3. The lowest BCUT2D eigenvalue weighted by Crippen LogP contribution is -2.19. The van der Waals surface area contributed by atoms with Crippen molar-refractivity contribution in [1.82, 2.24) is 4.98 Å². The fourth-order valence-corrected chi connectivity index (χ4v) is 1.29. The van der Waals surface area contributed by atoms with Crippen LogP contribution in [0.4, 0.5) is 8.78 Å². The molecule has 0 saturated carbocycles. The van der Waals surface area contributed by atoms with E-state index in [-0.39, 0.29) is 11.6 Å². The first kappa shape index (κ1) is 11.6. The first-order valence-electron chi connectivity index (χ1n) is 3.81. The van der Waals surface area contributed by atoms with Crippen LogP contribution in [0.2, 0.25) is 0 Å². The molecule has 1 aromatic rings. The predicted molar refractivity (Wildman–Crippen MR) is 48.5 cm³/mol. The topological polar surface area (TPSA) is 70.2 Å². The Bertz CT molecular complexity index is 444. The summed E-state index contributed by atoms with van der Waals surface area (Å²) in [5.41, 5.74) is -2.44. The highest BCUT2D eigenvalue weighted by Gasteiger charge is 2.18. The summed E-state index contributed by atoms with van der Waals surface area (Å²) in [6, 6.07) is 0.560. The lowest BCUT2D eigenvalue weighted by molar-refractivity contribution is 0.0693. The van der Waals surface area contributed by atoms with Gasteiger partial charge in [-0.15, -0.1) is 11.6 Å². The van der Waals surface area contributed by atoms with Gasteiger partial charge in [-0.05, 0) is 0 Å². The number of pyridine rings is 1. The number of H-pyrrole nitrogens is 1. The molecule has 0 spiro atoms. The molecule has 1 heterocycles. The second-order valence-corrected chi connectivity index (χ2v) is 2.95. The van der Waals surface area contributed by atoms with Gasteiger partial charge in [0.25, 0.3) is 6.43 Å². The van der Waals surface area contributed by atoms with Gasteiger partial charge in [0, 0.05) is 11.8 Å². The maximum absolute atomic E-state index is 12.2. The highest BCUT2D eigenvalue weighted by molar-refractivity contribution is 6.17. The molecule has 0 amide bonds. The van der Waals surface area contributed by atoms with Gasteiger partial charge >= 0.3 is 5.97 Å². The average Bonchev–Trinajstić information content (AvgIpc) is 2.15. The van der Waals surface area contributed by atoms with Crippen molar-refractivity contribution in [3.63, 3.8) is 0 Å². The molecule has 1 rings (SSSR count). The molecule has 1 aromatic heterocycles. The summed E-state index contributed by atoms with van der Waals surface area (Å²) in [4.78, 5) is 23.9. The molecule has 0 radical (unpaired) electrons. The van der Waals surface area contributed by atoms with Gasteiger partial charge in [-0.1, -0.05) is 0 Å². The van der Waals surface area contributed by atoms with Crippen molar-refractivity contribution in [3.8, 4) is 0 Å². The van der Waals surface area contributed by atoms with Gasteiger partial charge < -0.3 is 10.1 Å². The Balaban J connectivity index is 3.44. The average molecular weight is 238 g/mol. The largest absolute Gasteiger partial charge is 0.477 e. The molecule has 2 N–H and O–H groups in total. The van der Waals surface area contributed by atoms with E-state index in [4.69, 9.17) is 16.7 Å². The van der Waals surface area contributed by atoms with Crippen LogP contribution in [0.3, 0.4) is 0 Å². The Morgan fingerprint density at radius 3 is 2.60 bits per heavy atom. The lowest BCUT2D eigenvalue weighted by atomic mass is 10.2. The van der Waals surface area contributed by atoms with E-state index in [1.807, 2.05) is 0 Å². The summed E-state index contributed by atoms with van der Waals surface area (Å²) in [5, 5.41) is 8.64. The summed E-state index contributed by atoms with van der Waals surface area (Å²) in [5.74, 6) is -1.84. The first-order valence-corrected chi connectivity index (χ1v) is 4.34. The second kappa shape index (κ2) is 4.39. The van der Waals surface area contributed by atoms with Crippen molar-refractivity contribution in [2.24, 2.45) is 0 Å². The number of rotatable bonds is 3. The minimum atomic E-state index is -2.87. The molecule has 0 fully saturated rings. The van der Waals surface area contributed by atoms with Crippen molar-refractivity contribution in [2.45, 2.75) is 12.3 Å².